The van der Waals surface area contributed by atoms with Crippen LogP contribution in [0.2, 0.25) is 0 Å². The highest BCUT2D eigenvalue weighted by molar-refractivity contribution is 6.51. The molecular formula is C5H10BO7-. The van der Waals surface area contributed by atoms with Gasteiger partial charge in [-0.05, 0) is 6.92 Å². The molecule has 2 saturated heterocycles. The summed E-state index contributed by atoms with van der Waals surface area (Å²) in [5.41, 5.74) is 0. The fourth-order valence-corrected chi connectivity index (χ4v) is 1.61. The Kier molecular flexibility index (Phi) is 1.60. The van der Waals surface area contributed by atoms with Gasteiger partial charge >= 0.3 is 6.96 Å². The zero-order chi connectivity index (χ0) is 9.91. The second-order valence-corrected chi connectivity index (χ2v) is 3.34. The minimum atomic E-state index is -3.58. The van der Waals surface area contributed by atoms with Crippen molar-refractivity contribution < 1.29 is 34.3 Å². The predicted molar refractivity (Wildman–Crippen MR) is 37.7 cm³/mol. The van der Waals surface area contributed by atoms with Gasteiger partial charge in [0, 0.05) is 0 Å². The molecule has 2 fully saturated rings. The van der Waals surface area contributed by atoms with Crippen LogP contribution < -0.4 is 0 Å². The molecule has 0 saturated carbocycles. The van der Waals surface area contributed by atoms with Gasteiger partial charge < -0.3 is 34.3 Å². The van der Waals surface area contributed by atoms with Crippen LogP contribution in [0.4, 0.5) is 0 Å². The maximum absolute atomic E-state index is 9.67. The highest BCUT2D eigenvalue weighted by atomic mass is 16.9. The average Bonchev–Trinajstić information content (AvgIpc) is 2.24. The van der Waals surface area contributed by atoms with Crippen molar-refractivity contribution in [2.24, 2.45) is 0 Å². The molecule has 4 N–H and O–H groups in total. The van der Waals surface area contributed by atoms with Crippen LogP contribution in [0.25, 0.3) is 0 Å². The Bertz CT molecular complexity index is 245. The SMILES string of the molecule is CC12OCC(O)C1(O)O[B-](O)(O)O2. The first-order chi connectivity index (χ1) is 5.79. The van der Waals surface area contributed by atoms with Gasteiger partial charge in [0.25, 0.3) is 0 Å². The minimum Gasteiger partial charge on any atom is -0.533 e. The van der Waals surface area contributed by atoms with Crippen molar-refractivity contribution in [3.63, 3.8) is 0 Å². The van der Waals surface area contributed by atoms with Crippen LogP contribution in [0.1, 0.15) is 6.92 Å². The molecule has 0 aliphatic carbocycles. The third-order valence-corrected chi connectivity index (χ3v) is 2.33. The molecule has 76 valence electrons. The lowest BCUT2D eigenvalue weighted by molar-refractivity contribution is -0.271. The van der Waals surface area contributed by atoms with Crippen LogP contribution >= 0.6 is 0 Å². The third kappa shape index (κ3) is 1.05. The summed E-state index contributed by atoms with van der Waals surface area (Å²) in [6.45, 7) is -2.52. The Balaban J connectivity index is 2.36. The summed E-state index contributed by atoms with van der Waals surface area (Å²) in [5, 5.41) is 36.9. The number of aliphatic hydroxyl groups is 2. The van der Waals surface area contributed by atoms with E-state index in [-0.39, 0.29) is 6.61 Å². The van der Waals surface area contributed by atoms with Crippen LogP contribution in [0.15, 0.2) is 0 Å². The first-order valence-electron chi connectivity index (χ1n) is 3.82. The lowest BCUT2D eigenvalue weighted by Crippen LogP contribution is -2.52. The number of hydrogen-bond acceptors (Lipinski definition) is 7. The standard InChI is InChI=1S/C5H10BO7/c1-4-5(8,3(7)2-11-4)13-6(9,10)12-4/h3,7-10H,2H2,1H3/q-1. The molecule has 0 bridgehead atoms. The van der Waals surface area contributed by atoms with E-state index in [2.05, 4.69) is 9.31 Å². The molecule has 3 unspecified atom stereocenters. The van der Waals surface area contributed by atoms with E-state index in [4.69, 9.17) is 14.8 Å². The van der Waals surface area contributed by atoms with Crippen molar-refractivity contribution in [2.75, 3.05) is 6.61 Å². The van der Waals surface area contributed by atoms with Crippen LogP contribution in [0.3, 0.4) is 0 Å². The highest BCUT2D eigenvalue weighted by Crippen LogP contribution is 2.45. The normalized spacial score (nSPS) is 53.8. The van der Waals surface area contributed by atoms with Gasteiger partial charge in [-0.25, -0.2) is 0 Å². The van der Waals surface area contributed by atoms with E-state index in [1.54, 1.807) is 0 Å². The van der Waals surface area contributed by atoms with Gasteiger partial charge in [0.05, 0.1) is 6.61 Å². The van der Waals surface area contributed by atoms with E-state index in [1.165, 1.54) is 6.92 Å². The summed E-state index contributed by atoms with van der Waals surface area (Å²) >= 11 is 0. The minimum absolute atomic E-state index is 0.195. The van der Waals surface area contributed by atoms with Gasteiger partial charge in [-0.1, -0.05) is 0 Å². The second kappa shape index (κ2) is 2.23. The zero-order valence-electron chi connectivity index (χ0n) is 6.88. The monoisotopic (exact) mass is 193 g/mol. The fourth-order valence-electron chi connectivity index (χ4n) is 1.61. The number of fused-ring (bicyclic) bond motifs is 1. The van der Waals surface area contributed by atoms with E-state index in [0.717, 1.165) is 0 Å². The van der Waals surface area contributed by atoms with Gasteiger partial charge in [-0.15, -0.1) is 0 Å². The largest absolute Gasteiger partial charge is 0.533 e. The van der Waals surface area contributed by atoms with Crippen LogP contribution in [0.5, 0.6) is 0 Å². The summed E-state index contributed by atoms with van der Waals surface area (Å²) in [5.74, 6) is -3.97. The molecular weight excluding hydrogens is 183 g/mol. The van der Waals surface area contributed by atoms with Crippen molar-refractivity contribution in [1.82, 2.24) is 0 Å². The quantitative estimate of drug-likeness (QED) is 0.309. The van der Waals surface area contributed by atoms with Crippen molar-refractivity contribution in [1.29, 1.82) is 0 Å². The van der Waals surface area contributed by atoms with Gasteiger partial charge in [-0.3, -0.25) is 0 Å². The number of rotatable bonds is 0. The molecule has 0 amide bonds. The van der Waals surface area contributed by atoms with Crippen LogP contribution in [-0.2, 0) is 14.0 Å². The Morgan fingerprint density at radius 3 is 2.54 bits per heavy atom. The number of aliphatic hydroxyl groups excluding tert-OH is 1. The zero-order valence-corrected chi connectivity index (χ0v) is 6.88. The molecule has 7 nitrogen and oxygen atoms in total. The Hall–Kier alpha value is -0.215. The van der Waals surface area contributed by atoms with E-state index in [1.807, 2.05) is 0 Å². The van der Waals surface area contributed by atoms with Gasteiger partial charge in [-0.2, -0.15) is 0 Å². The second-order valence-electron chi connectivity index (χ2n) is 3.34. The van der Waals surface area contributed by atoms with E-state index in [9.17, 15) is 10.2 Å². The Morgan fingerprint density at radius 2 is 2.00 bits per heavy atom. The predicted octanol–water partition coefficient (Wildman–Crippen LogP) is -2.75. The molecule has 2 heterocycles. The van der Waals surface area contributed by atoms with Crippen molar-refractivity contribution >= 4 is 6.96 Å². The molecule has 3 atom stereocenters. The average molecular weight is 193 g/mol. The lowest BCUT2D eigenvalue weighted by atomic mass is 10.1. The van der Waals surface area contributed by atoms with Crippen molar-refractivity contribution in [3.05, 3.63) is 0 Å². The highest BCUT2D eigenvalue weighted by Gasteiger charge is 2.67. The summed E-state index contributed by atoms with van der Waals surface area (Å²) in [6, 6.07) is 0. The topological polar surface area (TPSA) is 109 Å². The summed E-state index contributed by atoms with van der Waals surface area (Å²) in [4.78, 5) is 0. The molecule has 2 rings (SSSR count). The third-order valence-electron chi connectivity index (χ3n) is 2.33. The first kappa shape index (κ1) is 9.34. The molecule has 0 aromatic rings. The molecule has 0 aromatic heterocycles. The molecule has 0 aromatic carbocycles. The summed E-state index contributed by atoms with van der Waals surface area (Å²) in [7, 11) is 0. The van der Waals surface area contributed by atoms with Crippen LogP contribution in [-0.4, -0.2) is 51.5 Å². The maximum atomic E-state index is 9.67. The van der Waals surface area contributed by atoms with Crippen molar-refractivity contribution in [3.8, 4) is 0 Å². The van der Waals surface area contributed by atoms with E-state index in [0.29, 0.717) is 0 Å². The lowest BCUT2D eigenvalue weighted by Gasteiger charge is -2.33. The van der Waals surface area contributed by atoms with Gasteiger partial charge in [0.2, 0.25) is 5.79 Å². The molecule has 2 aliphatic heterocycles. The van der Waals surface area contributed by atoms with Gasteiger partial charge in [0.15, 0.2) is 5.79 Å². The molecule has 0 radical (unpaired) electrons. The Labute approximate surface area is 73.5 Å². The molecule has 8 heteroatoms. The van der Waals surface area contributed by atoms with Crippen LogP contribution in [0, 0.1) is 0 Å². The first-order valence-corrected chi connectivity index (χ1v) is 3.82. The van der Waals surface area contributed by atoms with E-state index >= 15 is 0 Å². The smallest absolute Gasteiger partial charge is 0.530 e. The molecule has 13 heavy (non-hydrogen) atoms. The maximum Gasteiger partial charge on any atom is 0.530 e. The van der Waals surface area contributed by atoms with Gasteiger partial charge in [0.1, 0.15) is 6.10 Å². The number of ether oxygens (including phenoxy) is 1. The van der Waals surface area contributed by atoms with Crippen molar-refractivity contribution in [2.45, 2.75) is 24.6 Å². The fraction of sp³-hybridized carbons (Fsp3) is 1.00. The molecule has 0 spiro atoms. The summed E-state index contributed by atoms with van der Waals surface area (Å²) in [6.07, 6.45) is -1.37. The molecule has 2 aliphatic rings. The Morgan fingerprint density at radius 1 is 1.38 bits per heavy atom. The summed E-state index contributed by atoms with van der Waals surface area (Å²) < 4.78 is 13.8. The number of hydrogen-bond donors (Lipinski definition) is 4. The van der Waals surface area contributed by atoms with E-state index < -0.39 is 24.6 Å².